The number of hydrogen-bond donors (Lipinski definition) is 1. The molecule has 2 aromatic rings. The number of rotatable bonds is 7. The standard InChI is InChI=1S/C24H31FN2O2S/c1-5-20(27-30(28)24(2,3)4)16-13-21(15-9-11-17(25)12-10-15)26-22(14-16)29-23-18-7-6-8-19(18)23/h9-14,18-20,23,27H,5-8H2,1-4H3/t18-,19+,20?,23?,30?. The van der Waals surface area contributed by atoms with E-state index >= 15 is 0 Å². The Morgan fingerprint density at radius 3 is 2.47 bits per heavy atom. The number of halogens is 1. The number of nitrogens with one attached hydrogen (secondary N) is 1. The Morgan fingerprint density at radius 1 is 1.20 bits per heavy atom. The number of aromatic nitrogens is 1. The summed E-state index contributed by atoms with van der Waals surface area (Å²) in [5.74, 6) is 1.66. The monoisotopic (exact) mass is 430 g/mol. The first-order chi connectivity index (χ1) is 14.3. The van der Waals surface area contributed by atoms with Crippen molar-refractivity contribution in [3.63, 3.8) is 0 Å². The van der Waals surface area contributed by atoms with Gasteiger partial charge in [0.15, 0.2) is 0 Å². The Hall–Kier alpha value is -1.79. The Kier molecular flexibility index (Phi) is 5.99. The fourth-order valence-corrected chi connectivity index (χ4v) is 5.23. The summed E-state index contributed by atoms with van der Waals surface area (Å²) in [6.07, 6.45) is 4.82. The molecule has 4 rings (SSSR count). The van der Waals surface area contributed by atoms with Crippen molar-refractivity contribution in [1.29, 1.82) is 0 Å². The summed E-state index contributed by atoms with van der Waals surface area (Å²) in [7, 11) is -1.19. The topological polar surface area (TPSA) is 51.2 Å². The van der Waals surface area contributed by atoms with Gasteiger partial charge in [0.2, 0.25) is 5.88 Å². The van der Waals surface area contributed by atoms with Crippen LogP contribution in [0.2, 0.25) is 0 Å². The van der Waals surface area contributed by atoms with Crippen molar-refractivity contribution in [3.05, 3.63) is 47.8 Å². The molecule has 162 valence electrons. The minimum Gasteiger partial charge on any atom is -0.474 e. The number of pyridine rings is 1. The quantitative estimate of drug-likeness (QED) is 0.625. The van der Waals surface area contributed by atoms with Gasteiger partial charge in [-0.3, -0.25) is 0 Å². The van der Waals surface area contributed by atoms with Gasteiger partial charge >= 0.3 is 0 Å². The van der Waals surface area contributed by atoms with E-state index in [1.807, 2.05) is 32.9 Å². The minimum absolute atomic E-state index is 0.0895. The van der Waals surface area contributed by atoms with Crippen LogP contribution in [0.25, 0.3) is 11.3 Å². The summed E-state index contributed by atoms with van der Waals surface area (Å²) < 4.78 is 35.4. The van der Waals surface area contributed by atoms with E-state index in [0.717, 1.165) is 23.2 Å². The molecule has 2 aliphatic rings. The van der Waals surface area contributed by atoms with Crippen LogP contribution in [-0.4, -0.2) is 20.0 Å². The highest BCUT2D eigenvalue weighted by Gasteiger charge is 2.55. The zero-order valence-electron chi connectivity index (χ0n) is 18.2. The van der Waals surface area contributed by atoms with Gasteiger partial charge < -0.3 is 4.74 Å². The van der Waals surface area contributed by atoms with Gasteiger partial charge in [0.05, 0.1) is 21.4 Å². The normalized spacial score (nSPS) is 24.9. The maximum Gasteiger partial charge on any atom is 0.214 e. The summed E-state index contributed by atoms with van der Waals surface area (Å²) in [5.41, 5.74) is 2.58. The van der Waals surface area contributed by atoms with Gasteiger partial charge in [-0.15, -0.1) is 0 Å². The van der Waals surface area contributed by atoms with Gasteiger partial charge in [-0.25, -0.2) is 18.3 Å². The zero-order valence-corrected chi connectivity index (χ0v) is 19.0. The van der Waals surface area contributed by atoms with Gasteiger partial charge in [-0.05, 0) is 75.9 Å². The first kappa shape index (κ1) is 21.4. The van der Waals surface area contributed by atoms with Crippen molar-refractivity contribution in [1.82, 2.24) is 9.71 Å². The van der Waals surface area contributed by atoms with E-state index in [0.29, 0.717) is 17.7 Å². The van der Waals surface area contributed by atoms with E-state index in [4.69, 9.17) is 9.72 Å². The summed E-state index contributed by atoms with van der Waals surface area (Å²) >= 11 is 0. The van der Waals surface area contributed by atoms with Crippen molar-refractivity contribution >= 4 is 11.0 Å². The molecule has 4 nitrogen and oxygen atoms in total. The SMILES string of the molecule is CCC(NS(=O)C(C)(C)C)c1cc(OC2[C@H]3CCC[C@@H]23)nc(-c2ccc(F)cc2)c1. The third kappa shape index (κ3) is 4.59. The second kappa shape index (κ2) is 8.39. The molecular weight excluding hydrogens is 399 g/mol. The fourth-order valence-electron chi connectivity index (χ4n) is 4.32. The molecule has 0 aliphatic heterocycles. The lowest BCUT2D eigenvalue weighted by molar-refractivity contribution is 0.248. The number of nitrogens with zero attached hydrogens (tertiary/aromatic N) is 1. The third-order valence-electron chi connectivity index (χ3n) is 6.17. The van der Waals surface area contributed by atoms with Crippen LogP contribution in [0.3, 0.4) is 0 Å². The predicted octanol–water partition coefficient (Wildman–Crippen LogP) is 5.57. The zero-order chi connectivity index (χ0) is 21.5. The first-order valence-corrected chi connectivity index (χ1v) is 12.0. The van der Waals surface area contributed by atoms with Gasteiger partial charge in [0.1, 0.15) is 11.9 Å². The van der Waals surface area contributed by atoms with E-state index in [2.05, 4.69) is 11.6 Å². The summed E-state index contributed by atoms with van der Waals surface area (Å²) in [5, 5.41) is 0. The average molecular weight is 431 g/mol. The lowest BCUT2D eigenvalue weighted by Crippen LogP contribution is -2.35. The number of ether oxygens (including phenoxy) is 1. The van der Waals surface area contributed by atoms with E-state index in [1.165, 1.54) is 31.4 Å². The first-order valence-electron chi connectivity index (χ1n) is 10.9. The van der Waals surface area contributed by atoms with E-state index in [1.54, 1.807) is 12.1 Å². The highest BCUT2D eigenvalue weighted by atomic mass is 32.2. The smallest absolute Gasteiger partial charge is 0.214 e. The fraction of sp³-hybridized carbons (Fsp3) is 0.542. The van der Waals surface area contributed by atoms with Crippen LogP contribution in [0, 0.1) is 17.7 Å². The lowest BCUT2D eigenvalue weighted by atomic mass is 10.0. The molecule has 0 spiro atoms. The Labute approximate surface area is 181 Å². The molecule has 6 heteroatoms. The average Bonchev–Trinajstić information content (AvgIpc) is 3.11. The van der Waals surface area contributed by atoms with Crippen LogP contribution in [-0.2, 0) is 11.0 Å². The van der Waals surface area contributed by atoms with Crippen molar-refractivity contribution in [3.8, 4) is 17.1 Å². The molecule has 0 amide bonds. The molecule has 3 unspecified atom stereocenters. The van der Waals surface area contributed by atoms with Gasteiger partial charge in [-0.1, -0.05) is 13.3 Å². The largest absolute Gasteiger partial charge is 0.474 e. The van der Waals surface area contributed by atoms with Gasteiger partial charge in [-0.2, -0.15) is 0 Å². The van der Waals surface area contributed by atoms with Crippen LogP contribution in [0.1, 0.15) is 65.0 Å². The van der Waals surface area contributed by atoms with Gasteiger partial charge in [0.25, 0.3) is 0 Å². The molecule has 5 atom stereocenters. The Morgan fingerprint density at radius 2 is 1.87 bits per heavy atom. The number of fused-ring (bicyclic) bond motifs is 1. The van der Waals surface area contributed by atoms with Crippen molar-refractivity contribution < 1.29 is 13.3 Å². The van der Waals surface area contributed by atoms with E-state index in [9.17, 15) is 8.60 Å². The predicted molar refractivity (Wildman–Crippen MR) is 119 cm³/mol. The van der Waals surface area contributed by atoms with E-state index < -0.39 is 11.0 Å². The molecule has 30 heavy (non-hydrogen) atoms. The maximum absolute atomic E-state index is 13.4. The van der Waals surface area contributed by atoms with Crippen molar-refractivity contribution in [2.24, 2.45) is 11.8 Å². The maximum atomic E-state index is 13.4. The molecule has 0 bridgehead atoms. The highest BCUT2D eigenvalue weighted by Crippen LogP contribution is 2.53. The van der Waals surface area contributed by atoms with Crippen LogP contribution >= 0.6 is 0 Å². The van der Waals surface area contributed by atoms with Crippen LogP contribution < -0.4 is 9.46 Å². The minimum atomic E-state index is -1.19. The summed E-state index contributed by atoms with van der Waals surface area (Å²) in [6.45, 7) is 7.94. The number of benzene rings is 1. The van der Waals surface area contributed by atoms with Crippen LogP contribution in [0.4, 0.5) is 4.39 Å². The summed E-state index contributed by atoms with van der Waals surface area (Å²) in [6, 6.07) is 10.2. The Balaban J connectivity index is 1.65. The van der Waals surface area contributed by atoms with Gasteiger partial charge in [0, 0.05) is 29.5 Å². The van der Waals surface area contributed by atoms with E-state index in [-0.39, 0.29) is 22.7 Å². The summed E-state index contributed by atoms with van der Waals surface area (Å²) in [4.78, 5) is 4.74. The molecule has 0 saturated heterocycles. The lowest BCUT2D eigenvalue weighted by Gasteiger charge is -2.24. The molecule has 2 aliphatic carbocycles. The molecule has 2 fully saturated rings. The molecular formula is C24H31FN2O2S. The van der Waals surface area contributed by atoms with Crippen LogP contribution in [0.15, 0.2) is 36.4 Å². The number of hydrogen-bond acceptors (Lipinski definition) is 3. The van der Waals surface area contributed by atoms with Crippen molar-refractivity contribution in [2.45, 2.75) is 70.3 Å². The van der Waals surface area contributed by atoms with Crippen molar-refractivity contribution in [2.75, 3.05) is 0 Å². The Bertz CT molecular complexity index is 916. The molecule has 1 aromatic carbocycles. The third-order valence-corrected chi connectivity index (χ3v) is 7.78. The molecule has 0 radical (unpaired) electrons. The van der Waals surface area contributed by atoms with Crippen LogP contribution in [0.5, 0.6) is 5.88 Å². The highest BCUT2D eigenvalue weighted by molar-refractivity contribution is 7.84. The second-order valence-electron chi connectivity index (χ2n) is 9.43. The molecule has 1 aromatic heterocycles. The molecule has 1 N–H and O–H groups in total. The molecule has 1 heterocycles. The second-order valence-corrected chi connectivity index (χ2v) is 11.4. The molecule has 2 saturated carbocycles.